The molecule has 1 N–H and O–H groups in total. The summed E-state index contributed by atoms with van der Waals surface area (Å²) in [5.74, 6) is 0.283. The number of ether oxygens (including phenoxy) is 1. The molecule has 3 aromatic rings. The first-order valence-corrected chi connectivity index (χ1v) is 11.9. The van der Waals surface area contributed by atoms with Crippen LogP contribution in [0.1, 0.15) is 21.6 Å². The molecule has 3 amide bonds. The Morgan fingerprint density at radius 2 is 1.94 bits per heavy atom. The zero-order valence-corrected chi connectivity index (χ0v) is 18.9. The van der Waals surface area contributed by atoms with Crippen LogP contribution in [0.5, 0.6) is 5.75 Å². The maximum atomic E-state index is 13.2. The number of urea groups is 1. The van der Waals surface area contributed by atoms with E-state index >= 15 is 0 Å². The molecule has 4 rings (SSSR count). The number of anilines is 1. The second kappa shape index (κ2) is 8.60. The Morgan fingerprint density at radius 1 is 1.19 bits per heavy atom. The molecule has 1 aliphatic heterocycles. The minimum atomic E-state index is -4.16. The molecule has 2 aromatic carbocycles. The van der Waals surface area contributed by atoms with E-state index in [1.54, 1.807) is 30.1 Å². The first-order chi connectivity index (χ1) is 15.3. The average molecular weight is 473 g/mol. The van der Waals surface area contributed by atoms with E-state index in [-0.39, 0.29) is 29.2 Å². The monoisotopic (exact) mass is 472 g/mol. The lowest BCUT2D eigenvalue weighted by atomic mass is 10.1. The molecule has 1 aromatic heterocycles. The second-order valence-electron chi connectivity index (χ2n) is 7.05. The van der Waals surface area contributed by atoms with Crippen LogP contribution >= 0.6 is 11.3 Å². The molecule has 0 atom stereocenters. The van der Waals surface area contributed by atoms with Gasteiger partial charge in [0.15, 0.2) is 0 Å². The van der Waals surface area contributed by atoms with E-state index in [0.29, 0.717) is 11.4 Å². The zero-order chi connectivity index (χ0) is 22.9. The summed E-state index contributed by atoms with van der Waals surface area (Å²) < 4.78 is 32.3. The van der Waals surface area contributed by atoms with Crippen molar-refractivity contribution in [1.82, 2.24) is 14.6 Å². The smallest absolute Gasteiger partial charge is 0.338 e. The summed E-state index contributed by atoms with van der Waals surface area (Å²) in [7, 11) is -1.09. The number of carbonyl (C=O) groups is 2. The Kier molecular flexibility index (Phi) is 5.85. The van der Waals surface area contributed by atoms with Crippen LogP contribution in [-0.2, 0) is 23.1 Å². The quantitative estimate of drug-likeness (QED) is 0.591. The van der Waals surface area contributed by atoms with Gasteiger partial charge in [-0.25, -0.2) is 22.5 Å². The van der Waals surface area contributed by atoms with Gasteiger partial charge in [-0.1, -0.05) is 12.1 Å². The molecule has 0 fully saturated rings. The van der Waals surface area contributed by atoms with E-state index in [9.17, 15) is 18.0 Å². The summed E-state index contributed by atoms with van der Waals surface area (Å²) in [4.78, 5) is 30.6. The molecular formula is C21H20N4O5S2. The van der Waals surface area contributed by atoms with Crippen molar-refractivity contribution in [3.05, 3.63) is 70.2 Å². The summed E-state index contributed by atoms with van der Waals surface area (Å²) in [5, 5.41) is 4.46. The summed E-state index contributed by atoms with van der Waals surface area (Å²) >= 11 is 1.31. The fourth-order valence-corrected chi connectivity index (χ4v) is 5.44. The van der Waals surface area contributed by atoms with Crippen molar-refractivity contribution in [2.45, 2.75) is 18.0 Å². The second-order valence-corrected chi connectivity index (χ2v) is 9.60. The predicted molar refractivity (Wildman–Crippen MR) is 119 cm³/mol. The van der Waals surface area contributed by atoms with Crippen LogP contribution in [0.15, 0.2) is 58.3 Å². The van der Waals surface area contributed by atoms with Gasteiger partial charge in [-0.2, -0.15) is 0 Å². The number of amides is 3. The maximum Gasteiger partial charge on any atom is 0.338 e. The van der Waals surface area contributed by atoms with Gasteiger partial charge in [-0.3, -0.25) is 9.69 Å². The lowest BCUT2D eigenvalue weighted by molar-refractivity contribution is 0.0950. The minimum absolute atomic E-state index is 0.105. The fraction of sp³-hybridized carbons (Fsp3) is 0.190. The Labute approximate surface area is 189 Å². The van der Waals surface area contributed by atoms with E-state index in [4.69, 9.17) is 4.74 Å². The number of methoxy groups -OCH3 is 1. The number of rotatable bonds is 6. The van der Waals surface area contributed by atoms with E-state index in [1.807, 2.05) is 12.1 Å². The molecule has 0 unspecified atom stereocenters. The Balaban J connectivity index is 1.58. The van der Waals surface area contributed by atoms with Gasteiger partial charge in [0.1, 0.15) is 10.6 Å². The number of carbonyl (C=O) groups excluding carboxylic acids is 2. The molecule has 32 heavy (non-hydrogen) atoms. The highest BCUT2D eigenvalue weighted by atomic mass is 32.2. The van der Waals surface area contributed by atoms with Crippen LogP contribution in [0.3, 0.4) is 0 Å². The van der Waals surface area contributed by atoms with Crippen LogP contribution in [0.25, 0.3) is 0 Å². The van der Waals surface area contributed by atoms with Crippen molar-refractivity contribution in [3.8, 4) is 5.75 Å². The van der Waals surface area contributed by atoms with Crippen molar-refractivity contribution >= 4 is 39.0 Å². The Hall–Kier alpha value is -3.44. The number of hydrogen-bond acceptors (Lipinski definition) is 7. The molecule has 0 saturated heterocycles. The van der Waals surface area contributed by atoms with Crippen LogP contribution in [-0.4, -0.2) is 43.8 Å². The summed E-state index contributed by atoms with van der Waals surface area (Å²) in [6, 6.07) is 10.8. The molecular weight excluding hydrogens is 452 g/mol. The van der Waals surface area contributed by atoms with Gasteiger partial charge >= 0.3 is 6.03 Å². The maximum absolute atomic E-state index is 13.2. The number of nitrogens with one attached hydrogen (secondary N) is 1. The van der Waals surface area contributed by atoms with Gasteiger partial charge in [0.25, 0.3) is 15.9 Å². The number of sulfonamides is 1. The number of nitrogens with zero attached hydrogens (tertiary/aromatic N) is 3. The number of hydrogen-bond donors (Lipinski definition) is 1. The SMILES string of the molecule is COc1ccc(CNC(=O)c2ccc3c(c2)S(=O)(=O)N(Cc2cscn2)C(=O)N3C)cc1. The molecule has 166 valence electrons. The van der Waals surface area contributed by atoms with Crippen LogP contribution in [0.2, 0.25) is 0 Å². The van der Waals surface area contributed by atoms with Gasteiger partial charge < -0.3 is 10.1 Å². The Bertz CT molecular complexity index is 1260. The predicted octanol–water partition coefficient (Wildman–Crippen LogP) is 2.84. The van der Waals surface area contributed by atoms with Crippen molar-refractivity contribution in [1.29, 1.82) is 0 Å². The van der Waals surface area contributed by atoms with Gasteiger partial charge in [0.2, 0.25) is 0 Å². The molecule has 0 bridgehead atoms. The molecule has 0 spiro atoms. The summed E-state index contributed by atoms with van der Waals surface area (Å²) in [5.41, 5.74) is 3.30. The number of thiazole rings is 1. The van der Waals surface area contributed by atoms with Gasteiger partial charge in [-0.15, -0.1) is 11.3 Å². The zero-order valence-electron chi connectivity index (χ0n) is 17.3. The molecule has 11 heteroatoms. The third kappa shape index (κ3) is 4.04. The normalized spacial score (nSPS) is 14.8. The lowest BCUT2D eigenvalue weighted by Gasteiger charge is -2.34. The van der Waals surface area contributed by atoms with Gasteiger partial charge in [0.05, 0.1) is 30.5 Å². The molecule has 0 aliphatic carbocycles. The first-order valence-electron chi connectivity index (χ1n) is 9.54. The van der Waals surface area contributed by atoms with Gasteiger partial charge in [-0.05, 0) is 35.9 Å². The van der Waals surface area contributed by atoms with E-state index in [1.165, 1.54) is 41.5 Å². The average Bonchev–Trinajstić information content (AvgIpc) is 3.32. The Morgan fingerprint density at radius 3 is 2.59 bits per heavy atom. The third-order valence-electron chi connectivity index (χ3n) is 5.05. The third-order valence-corrected chi connectivity index (χ3v) is 7.44. The number of fused-ring (bicyclic) bond motifs is 1. The minimum Gasteiger partial charge on any atom is -0.497 e. The standard InChI is InChI=1S/C21H20N4O5S2/c1-24-18-8-5-15(20(26)22-10-14-3-6-17(30-2)7-4-14)9-19(18)32(28,29)25(21(24)27)11-16-12-31-13-23-16/h3-9,12-13H,10-11H2,1-2H3,(H,22,26). The molecule has 2 heterocycles. The number of aromatic nitrogens is 1. The summed E-state index contributed by atoms with van der Waals surface area (Å²) in [6.45, 7) is 0.0866. The lowest BCUT2D eigenvalue weighted by Crippen LogP contribution is -2.48. The van der Waals surface area contributed by atoms with Crippen LogP contribution in [0.4, 0.5) is 10.5 Å². The molecule has 0 radical (unpaired) electrons. The van der Waals surface area contributed by atoms with Gasteiger partial charge in [0, 0.05) is 24.5 Å². The highest BCUT2D eigenvalue weighted by molar-refractivity contribution is 7.90. The van der Waals surface area contributed by atoms with Crippen molar-refractivity contribution in [2.24, 2.45) is 0 Å². The van der Waals surface area contributed by atoms with E-state index < -0.39 is 22.0 Å². The largest absolute Gasteiger partial charge is 0.497 e. The van der Waals surface area contributed by atoms with Crippen molar-refractivity contribution in [2.75, 3.05) is 19.1 Å². The topological polar surface area (TPSA) is 109 Å². The van der Waals surface area contributed by atoms with Crippen molar-refractivity contribution < 1.29 is 22.7 Å². The van der Waals surface area contributed by atoms with Crippen LogP contribution < -0.4 is 15.0 Å². The molecule has 0 saturated carbocycles. The number of benzene rings is 2. The van der Waals surface area contributed by atoms with Crippen LogP contribution in [0, 0.1) is 0 Å². The van der Waals surface area contributed by atoms with E-state index in [2.05, 4.69) is 10.3 Å². The first kappa shape index (κ1) is 21.8. The van der Waals surface area contributed by atoms with E-state index in [0.717, 1.165) is 9.87 Å². The fourth-order valence-electron chi connectivity index (χ4n) is 3.27. The van der Waals surface area contributed by atoms with Crippen molar-refractivity contribution in [3.63, 3.8) is 0 Å². The highest BCUT2D eigenvalue weighted by Crippen LogP contribution is 2.35. The summed E-state index contributed by atoms with van der Waals surface area (Å²) in [6.07, 6.45) is 0. The molecule has 1 aliphatic rings. The highest BCUT2D eigenvalue weighted by Gasteiger charge is 2.40. The molecule has 9 nitrogen and oxygen atoms in total.